The van der Waals surface area contributed by atoms with E-state index in [1.807, 2.05) is 6.92 Å². The highest BCUT2D eigenvalue weighted by molar-refractivity contribution is 6.36. The molecular formula is C15H12Cl2O3. The van der Waals surface area contributed by atoms with E-state index in [0.717, 1.165) is 11.1 Å². The summed E-state index contributed by atoms with van der Waals surface area (Å²) in [5.74, 6) is -0.443. The van der Waals surface area contributed by atoms with Gasteiger partial charge >= 0.3 is 5.97 Å². The minimum absolute atomic E-state index is 0.226. The van der Waals surface area contributed by atoms with Gasteiger partial charge in [0.15, 0.2) is 0 Å². The summed E-state index contributed by atoms with van der Waals surface area (Å²) in [6.45, 7) is 2.05. The molecule has 5 heteroatoms. The molecule has 0 aliphatic heterocycles. The molecule has 3 nitrogen and oxygen atoms in total. The van der Waals surface area contributed by atoms with Crippen LogP contribution in [0.2, 0.25) is 10.0 Å². The molecule has 0 amide bonds. The monoisotopic (exact) mass is 310 g/mol. The van der Waals surface area contributed by atoms with Crippen LogP contribution in [0.1, 0.15) is 21.5 Å². The zero-order valence-electron chi connectivity index (χ0n) is 10.7. The minimum Gasteiger partial charge on any atom is -0.487 e. The molecule has 0 bridgehead atoms. The molecule has 0 fully saturated rings. The molecule has 0 spiro atoms. The first kappa shape index (κ1) is 14.7. The molecule has 0 heterocycles. The van der Waals surface area contributed by atoms with E-state index in [2.05, 4.69) is 0 Å². The Hall–Kier alpha value is -1.71. The molecule has 0 unspecified atom stereocenters. The summed E-state index contributed by atoms with van der Waals surface area (Å²) in [4.78, 5) is 10.9. The number of ether oxygens (including phenoxy) is 1. The Kier molecular flexibility index (Phi) is 4.53. The maximum atomic E-state index is 10.9. The number of hydrogen-bond acceptors (Lipinski definition) is 2. The fraction of sp³-hybridized carbons (Fsp3) is 0.133. The predicted octanol–water partition coefficient (Wildman–Crippen LogP) is 4.58. The zero-order chi connectivity index (χ0) is 14.7. The van der Waals surface area contributed by atoms with Crippen molar-refractivity contribution in [3.63, 3.8) is 0 Å². The Morgan fingerprint density at radius 1 is 1.25 bits per heavy atom. The average molecular weight is 311 g/mol. The van der Waals surface area contributed by atoms with Gasteiger partial charge in [-0.1, -0.05) is 35.3 Å². The Morgan fingerprint density at radius 2 is 2.00 bits per heavy atom. The van der Waals surface area contributed by atoms with Gasteiger partial charge in [-0.05, 0) is 42.3 Å². The molecule has 2 rings (SSSR count). The van der Waals surface area contributed by atoms with Gasteiger partial charge in [0, 0.05) is 5.02 Å². The summed E-state index contributed by atoms with van der Waals surface area (Å²) < 4.78 is 5.61. The van der Waals surface area contributed by atoms with Crippen LogP contribution in [0.5, 0.6) is 5.75 Å². The number of benzene rings is 2. The van der Waals surface area contributed by atoms with Crippen molar-refractivity contribution < 1.29 is 14.6 Å². The number of hydrogen-bond donors (Lipinski definition) is 1. The van der Waals surface area contributed by atoms with Gasteiger partial charge < -0.3 is 9.84 Å². The molecule has 1 N–H and O–H groups in total. The normalized spacial score (nSPS) is 10.3. The standard InChI is InChI=1S/C15H12Cl2O3/c1-9-12(16)5-6-13(14(9)17)20-8-10-3-2-4-11(7-10)15(18)19/h2-7H,8H2,1H3,(H,18,19). The lowest BCUT2D eigenvalue weighted by Gasteiger charge is -2.11. The fourth-order valence-electron chi connectivity index (χ4n) is 1.70. The van der Waals surface area contributed by atoms with Crippen molar-refractivity contribution in [2.45, 2.75) is 13.5 Å². The molecule has 0 saturated carbocycles. The predicted molar refractivity (Wildman–Crippen MR) is 78.9 cm³/mol. The highest BCUT2D eigenvalue weighted by Crippen LogP contribution is 2.33. The Morgan fingerprint density at radius 3 is 2.70 bits per heavy atom. The molecule has 0 aromatic heterocycles. The first-order valence-electron chi connectivity index (χ1n) is 5.88. The summed E-state index contributed by atoms with van der Waals surface area (Å²) in [7, 11) is 0. The summed E-state index contributed by atoms with van der Waals surface area (Å²) in [5.41, 5.74) is 1.74. The van der Waals surface area contributed by atoms with E-state index in [-0.39, 0.29) is 12.2 Å². The van der Waals surface area contributed by atoms with Crippen LogP contribution in [0, 0.1) is 6.92 Å². The fourth-order valence-corrected chi connectivity index (χ4v) is 2.13. The lowest BCUT2D eigenvalue weighted by Crippen LogP contribution is -2.00. The van der Waals surface area contributed by atoms with Crippen LogP contribution in [0.15, 0.2) is 36.4 Å². The number of carboxylic acids is 1. The molecule has 20 heavy (non-hydrogen) atoms. The zero-order valence-corrected chi connectivity index (χ0v) is 12.2. The molecule has 0 aliphatic carbocycles. The van der Waals surface area contributed by atoms with E-state index in [0.29, 0.717) is 15.8 Å². The largest absolute Gasteiger partial charge is 0.487 e. The van der Waals surface area contributed by atoms with E-state index < -0.39 is 5.97 Å². The van der Waals surface area contributed by atoms with Gasteiger partial charge in [-0.3, -0.25) is 0 Å². The van der Waals surface area contributed by atoms with Crippen LogP contribution in [0.25, 0.3) is 0 Å². The van der Waals surface area contributed by atoms with Gasteiger partial charge in [0.1, 0.15) is 12.4 Å². The van der Waals surface area contributed by atoms with Crippen LogP contribution in [0.4, 0.5) is 0 Å². The maximum absolute atomic E-state index is 10.9. The lowest BCUT2D eigenvalue weighted by molar-refractivity contribution is 0.0696. The second-order valence-corrected chi connectivity index (χ2v) is 5.06. The van der Waals surface area contributed by atoms with Gasteiger partial charge in [-0.2, -0.15) is 0 Å². The highest BCUT2D eigenvalue weighted by Gasteiger charge is 2.09. The third-order valence-electron chi connectivity index (χ3n) is 2.85. The molecule has 2 aromatic rings. The van der Waals surface area contributed by atoms with Crippen molar-refractivity contribution in [2.75, 3.05) is 0 Å². The van der Waals surface area contributed by atoms with Crippen LogP contribution in [-0.2, 0) is 6.61 Å². The van der Waals surface area contributed by atoms with E-state index in [1.54, 1.807) is 30.3 Å². The SMILES string of the molecule is Cc1c(Cl)ccc(OCc2cccc(C(=O)O)c2)c1Cl. The molecular weight excluding hydrogens is 299 g/mol. The molecule has 0 aliphatic rings. The first-order valence-corrected chi connectivity index (χ1v) is 6.64. The van der Waals surface area contributed by atoms with Crippen LogP contribution >= 0.6 is 23.2 Å². The topological polar surface area (TPSA) is 46.5 Å². The molecule has 104 valence electrons. The Balaban J connectivity index is 2.15. The Labute approximate surface area is 126 Å². The van der Waals surface area contributed by atoms with Crippen molar-refractivity contribution in [3.05, 3.63) is 63.1 Å². The minimum atomic E-state index is -0.966. The van der Waals surface area contributed by atoms with Gasteiger partial charge in [-0.15, -0.1) is 0 Å². The number of carboxylic acid groups (broad SMARTS) is 1. The first-order chi connectivity index (χ1) is 9.49. The summed E-state index contributed by atoms with van der Waals surface area (Å²) in [6, 6.07) is 9.98. The van der Waals surface area contributed by atoms with Crippen molar-refractivity contribution >= 4 is 29.2 Å². The van der Waals surface area contributed by atoms with Crippen molar-refractivity contribution in [1.29, 1.82) is 0 Å². The lowest BCUT2D eigenvalue weighted by atomic mass is 10.1. The van der Waals surface area contributed by atoms with Crippen LogP contribution in [0.3, 0.4) is 0 Å². The number of halogens is 2. The third-order valence-corrected chi connectivity index (χ3v) is 3.73. The van der Waals surface area contributed by atoms with Crippen LogP contribution < -0.4 is 4.74 Å². The van der Waals surface area contributed by atoms with Gasteiger partial charge in [0.2, 0.25) is 0 Å². The summed E-state index contributed by atoms with van der Waals surface area (Å²) >= 11 is 12.1. The van der Waals surface area contributed by atoms with Gasteiger partial charge in [0.25, 0.3) is 0 Å². The second-order valence-electron chi connectivity index (χ2n) is 4.28. The maximum Gasteiger partial charge on any atom is 0.335 e. The van der Waals surface area contributed by atoms with E-state index in [4.69, 9.17) is 33.0 Å². The number of rotatable bonds is 4. The molecule has 0 atom stereocenters. The van der Waals surface area contributed by atoms with E-state index in [9.17, 15) is 4.79 Å². The number of aromatic carboxylic acids is 1. The molecule has 0 saturated heterocycles. The molecule has 2 aromatic carbocycles. The van der Waals surface area contributed by atoms with Crippen molar-refractivity contribution in [3.8, 4) is 5.75 Å². The van der Waals surface area contributed by atoms with Crippen molar-refractivity contribution in [1.82, 2.24) is 0 Å². The smallest absolute Gasteiger partial charge is 0.335 e. The average Bonchev–Trinajstić information content (AvgIpc) is 2.44. The summed E-state index contributed by atoms with van der Waals surface area (Å²) in [5, 5.41) is 9.97. The van der Waals surface area contributed by atoms with E-state index >= 15 is 0 Å². The summed E-state index contributed by atoms with van der Waals surface area (Å²) in [6.07, 6.45) is 0. The van der Waals surface area contributed by atoms with Crippen molar-refractivity contribution in [2.24, 2.45) is 0 Å². The highest BCUT2D eigenvalue weighted by atomic mass is 35.5. The second kappa shape index (κ2) is 6.16. The van der Waals surface area contributed by atoms with Gasteiger partial charge in [-0.25, -0.2) is 4.79 Å². The number of carbonyl (C=O) groups is 1. The van der Waals surface area contributed by atoms with Crippen LogP contribution in [-0.4, -0.2) is 11.1 Å². The quantitative estimate of drug-likeness (QED) is 0.899. The third kappa shape index (κ3) is 3.24. The van der Waals surface area contributed by atoms with Gasteiger partial charge in [0.05, 0.1) is 10.6 Å². The molecule has 0 radical (unpaired) electrons. The Bertz CT molecular complexity index is 654. The van der Waals surface area contributed by atoms with E-state index in [1.165, 1.54) is 6.07 Å².